The summed E-state index contributed by atoms with van der Waals surface area (Å²) in [6, 6.07) is 5.78. The molecule has 0 bridgehead atoms. The molecule has 1 aliphatic carbocycles. The van der Waals surface area contributed by atoms with E-state index in [0.717, 1.165) is 25.0 Å². The number of thiazole rings is 1. The van der Waals surface area contributed by atoms with E-state index < -0.39 is 10.0 Å². The summed E-state index contributed by atoms with van der Waals surface area (Å²) in [6.07, 6.45) is 3.83. The maximum Gasteiger partial charge on any atom is 0.257 e. The van der Waals surface area contributed by atoms with Crippen LogP contribution in [0.4, 0.5) is 5.13 Å². The summed E-state index contributed by atoms with van der Waals surface area (Å²) in [4.78, 5) is 18.1. The SMILES string of the molecule is CCC(C)NS(=O)(=O)c1ccc(C(=O)Nc2nc3c(s2)CCC3)cc1. The molecule has 25 heavy (non-hydrogen) atoms. The van der Waals surface area contributed by atoms with Crippen molar-refractivity contribution in [2.45, 2.75) is 50.5 Å². The lowest BCUT2D eigenvalue weighted by Gasteiger charge is -2.12. The van der Waals surface area contributed by atoms with Crippen molar-refractivity contribution in [3.8, 4) is 0 Å². The Balaban J connectivity index is 1.69. The number of sulfonamides is 1. The van der Waals surface area contributed by atoms with Crippen molar-refractivity contribution in [2.75, 3.05) is 5.32 Å². The first-order valence-corrected chi connectivity index (χ1v) is 10.6. The van der Waals surface area contributed by atoms with Gasteiger partial charge in [0.1, 0.15) is 0 Å². The summed E-state index contributed by atoms with van der Waals surface area (Å²) in [5.74, 6) is -0.286. The summed E-state index contributed by atoms with van der Waals surface area (Å²) in [5.41, 5.74) is 1.48. The molecule has 2 aromatic rings. The first-order chi connectivity index (χ1) is 11.9. The third-order valence-electron chi connectivity index (χ3n) is 4.21. The maximum absolute atomic E-state index is 12.3. The molecule has 1 aromatic carbocycles. The number of hydrogen-bond acceptors (Lipinski definition) is 5. The van der Waals surface area contributed by atoms with Gasteiger partial charge in [-0.1, -0.05) is 6.92 Å². The van der Waals surface area contributed by atoms with Crippen LogP contribution in [-0.4, -0.2) is 25.4 Å². The highest BCUT2D eigenvalue weighted by atomic mass is 32.2. The van der Waals surface area contributed by atoms with Gasteiger partial charge in [-0.3, -0.25) is 10.1 Å². The van der Waals surface area contributed by atoms with Crippen molar-refractivity contribution >= 4 is 32.4 Å². The van der Waals surface area contributed by atoms with Gasteiger partial charge in [-0.25, -0.2) is 18.1 Å². The number of nitrogens with one attached hydrogen (secondary N) is 2. The van der Waals surface area contributed by atoms with Crippen LogP contribution in [0.1, 0.15) is 47.6 Å². The van der Waals surface area contributed by atoms with Gasteiger partial charge in [0.05, 0.1) is 10.6 Å². The van der Waals surface area contributed by atoms with Gasteiger partial charge in [0, 0.05) is 16.5 Å². The smallest absolute Gasteiger partial charge is 0.257 e. The van der Waals surface area contributed by atoms with Crippen molar-refractivity contribution in [1.82, 2.24) is 9.71 Å². The molecule has 0 radical (unpaired) electrons. The summed E-state index contributed by atoms with van der Waals surface area (Å²) in [6.45, 7) is 3.72. The van der Waals surface area contributed by atoms with Crippen molar-refractivity contribution in [3.63, 3.8) is 0 Å². The Labute approximate surface area is 151 Å². The van der Waals surface area contributed by atoms with E-state index in [1.807, 2.05) is 13.8 Å². The zero-order valence-corrected chi connectivity index (χ0v) is 15.8. The van der Waals surface area contributed by atoms with Gasteiger partial charge >= 0.3 is 0 Å². The fourth-order valence-electron chi connectivity index (χ4n) is 2.61. The Morgan fingerprint density at radius 1 is 1.28 bits per heavy atom. The zero-order valence-electron chi connectivity index (χ0n) is 14.2. The second-order valence-corrected chi connectivity index (χ2v) is 8.95. The molecule has 1 aliphatic rings. The van der Waals surface area contributed by atoms with Crippen molar-refractivity contribution in [2.24, 2.45) is 0 Å². The third kappa shape index (κ3) is 4.08. The van der Waals surface area contributed by atoms with Crippen LogP contribution >= 0.6 is 11.3 Å². The molecule has 1 unspecified atom stereocenters. The van der Waals surface area contributed by atoms with E-state index in [4.69, 9.17) is 0 Å². The minimum atomic E-state index is -3.56. The molecule has 6 nitrogen and oxygen atoms in total. The molecule has 0 saturated heterocycles. The standard InChI is InChI=1S/C17H21N3O3S2/c1-3-11(2)20-25(22,23)13-9-7-12(8-10-13)16(21)19-17-18-14-5-4-6-15(14)24-17/h7-11,20H,3-6H2,1-2H3,(H,18,19,21). The highest BCUT2D eigenvalue weighted by Crippen LogP contribution is 2.30. The maximum atomic E-state index is 12.3. The van der Waals surface area contributed by atoms with E-state index in [1.165, 1.54) is 40.5 Å². The largest absolute Gasteiger partial charge is 0.298 e. The van der Waals surface area contributed by atoms with Gasteiger partial charge in [0.25, 0.3) is 5.91 Å². The van der Waals surface area contributed by atoms with Crippen LogP contribution < -0.4 is 10.0 Å². The highest BCUT2D eigenvalue weighted by molar-refractivity contribution is 7.89. The van der Waals surface area contributed by atoms with Gasteiger partial charge in [-0.2, -0.15) is 0 Å². The van der Waals surface area contributed by atoms with E-state index in [0.29, 0.717) is 17.1 Å². The molecule has 8 heteroatoms. The summed E-state index contributed by atoms with van der Waals surface area (Å²) >= 11 is 1.51. The van der Waals surface area contributed by atoms with Crippen LogP contribution in [0.25, 0.3) is 0 Å². The molecule has 0 aliphatic heterocycles. The zero-order chi connectivity index (χ0) is 18.0. The van der Waals surface area contributed by atoms with Gasteiger partial charge in [0.15, 0.2) is 5.13 Å². The molecule has 1 aromatic heterocycles. The average Bonchev–Trinajstić information content (AvgIpc) is 3.15. The monoisotopic (exact) mass is 379 g/mol. The number of benzene rings is 1. The second-order valence-electron chi connectivity index (χ2n) is 6.15. The number of carbonyl (C=O) groups is 1. The number of rotatable bonds is 6. The van der Waals surface area contributed by atoms with Crippen LogP contribution in [0.15, 0.2) is 29.2 Å². The first-order valence-electron chi connectivity index (χ1n) is 8.31. The van der Waals surface area contributed by atoms with E-state index in [1.54, 1.807) is 0 Å². The molecule has 1 heterocycles. The van der Waals surface area contributed by atoms with Crippen LogP contribution in [0.2, 0.25) is 0 Å². The predicted molar refractivity (Wildman–Crippen MR) is 98.6 cm³/mol. The Morgan fingerprint density at radius 2 is 2.00 bits per heavy atom. The van der Waals surface area contributed by atoms with E-state index in [-0.39, 0.29) is 16.8 Å². The van der Waals surface area contributed by atoms with Crippen molar-refractivity contribution in [1.29, 1.82) is 0 Å². The Hall–Kier alpha value is -1.77. The molecule has 0 saturated carbocycles. The molecule has 0 spiro atoms. The average molecular weight is 380 g/mol. The fourth-order valence-corrected chi connectivity index (χ4v) is 4.99. The molecule has 3 rings (SSSR count). The molecule has 1 amide bonds. The normalized spacial score (nSPS) is 15.0. The number of aryl methyl sites for hydroxylation is 2. The second kappa shape index (κ2) is 7.23. The molecular formula is C17H21N3O3S2. The van der Waals surface area contributed by atoms with Crippen molar-refractivity contribution in [3.05, 3.63) is 40.4 Å². The number of anilines is 1. The minimum absolute atomic E-state index is 0.139. The Bertz CT molecular complexity index is 852. The molecule has 2 N–H and O–H groups in total. The number of hydrogen-bond donors (Lipinski definition) is 2. The number of carbonyl (C=O) groups excluding carboxylic acids is 1. The quantitative estimate of drug-likeness (QED) is 0.808. The van der Waals surface area contributed by atoms with Gasteiger partial charge < -0.3 is 0 Å². The number of nitrogens with zero attached hydrogens (tertiary/aromatic N) is 1. The summed E-state index contributed by atoms with van der Waals surface area (Å²) in [5, 5.41) is 3.39. The lowest BCUT2D eigenvalue weighted by Crippen LogP contribution is -2.32. The molecule has 0 fully saturated rings. The van der Waals surface area contributed by atoms with E-state index in [2.05, 4.69) is 15.0 Å². The van der Waals surface area contributed by atoms with Crippen LogP contribution in [0.5, 0.6) is 0 Å². The summed E-state index contributed by atoms with van der Waals surface area (Å²) in [7, 11) is -3.56. The first kappa shape index (κ1) is 18.0. The van der Waals surface area contributed by atoms with Crippen LogP contribution in [0.3, 0.4) is 0 Å². The predicted octanol–water partition coefficient (Wildman–Crippen LogP) is 2.96. The Kier molecular flexibility index (Phi) is 5.21. The van der Waals surface area contributed by atoms with Gasteiger partial charge in [0.2, 0.25) is 10.0 Å². The number of amides is 1. The van der Waals surface area contributed by atoms with Gasteiger partial charge in [-0.05, 0) is 56.9 Å². The number of aromatic nitrogens is 1. The highest BCUT2D eigenvalue weighted by Gasteiger charge is 2.19. The Morgan fingerprint density at radius 3 is 2.64 bits per heavy atom. The third-order valence-corrected chi connectivity index (χ3v) is 6.89. The molecule has 134 valence electrons. The van der Waals surface area contributed by atoms with Crippen LogP contribution in [0, 0.1) is 0 Å². The lowest BCUT2D eigenvalue weighted by atomic mass is 10.2. The minimum Gasteiger partial charge on any atom is -0.298 e. The fraction of sp³-hybridized carbons (Fsp3) is 0.412. The van der Waals surface area contributed by atoms with Crippen molar-refractivity contribution < 1.29 is 13.2 Å². The molecular weight excluding hydrogens is 358 g/mol. The van der Waals surface area contributed by atoms with Gasteiger partial charge in [-0.15, -0.1) is 11.3 Å². The van der Waals surface area contributed by atoms with Crippen LogP contribution in [-0.2, 0) is 22.9 Å². The lowest BCUT2D eigenvalue weighted by molar-refractivity contribution is 0.102. The topological polar surface area (TPSA) is 88.2 Å². The van der Waals surface area contributed by atoms with E-state index in [9.17, 15) is 13.2 Å². The van der Waals surface area contributed by atoms with E-state index >= 15 is 0 Å². The summed E-state index contributed by atoms with van der Waals surface area (Å²) < 4.78 is 27.1. The number of fused-ring (bicyclic) bond motifs is 1. The molecule has 1 atom stereocenters.